The van der Waals surface area contributed by atoms with E-state index in [1.165, 1.54) is 5.56 Å². The first-order valence-corrected chi connectivity index (χ1v) is 9.53. The third-order valence-corrected chi connectivity index (χ3v) is 5.21. The molecule has 0 spiro atoms. The number of imidazole rings is 1. The first kappa shape index (κ1) is 17.5. The molecule has 0 aliphatic carbocycles. The molecule has 1 aromatic carbocycles. The molecule has 0 unspecified atom stereocenters. The number of likely N-dealkylation sites (tertiary alicyclic amines) is 1. The fraction of sp³-hybridized carbons (Fsp3) is 0.318. The lowest BCUT2D eigenvalue weighted by Gasteiger charge is -2.25. The van der Waals surface area contributed by atoms with Gasteiger partial charge in [-0.3, -0.25) is 9.36 Å². The summed E-state index contributed by atoms with van der Waals surface area (Å²) in [7, 11) is 0. The van der Waals surface area contributed by atoms with Gasteiger partial charge in [-0.2, -0.15) is 0 Å². The van der Waals surface area contributed by atoms with Crippen LogP contribution in [0.4, 0.5) is 0 Å². The van der Waals surface area contributed by atoms with E-state index in [4.69, 9.17) is 4.98 Å². The van der Waals surface area contributed by atoms with Crippen LogP contribution in [0.1, 0.15) is 42.4 Å². The number of pyridine rings is 1. The summed E-state index contributed by atoms with van der Waals surface area (Å²) in [6.07, 6.45) is 7.01. The Morgan fingerprint density at radius 1 is 1.15 bits per heavy atom. The molecule has 1 saturated heterocycles. The molecular weight excluding hydrogens is 336 g/mol. The maximum absolute atomic E-state index is 12.9. The summed E-state index contributed by atoms with van der Waals surface area (Å²) in [6, 6.07) is 16.3. The second-order valence-electron chi connectivity index (χ2n) is 7.00. The molecule has 4 rings (SSSR count). The van der Waals surface area contributed by atoms with Gasteiger partial charge in [0.25, 0.3) is 0 Å². The minimum Gasteiger partial charge on any atom is -0.334 e. The second-order valence-corrected chi connectivity index (χ2v) is 7.00. The Labute approximate surface area is 159 Å². The average molecular weight is 360 g/mol. The molecule has 1 amide bonds. The summed E-state index contributed by atoms with van der Waals surface area (Å²) in [6.45, 7) is 2.78. The summed E-state index contributed by atoms with van der Waals surface area (Å²) in [5.41, 5.74) is 2.17. The Balaban J connectivity index is 1.50. The number of carbonyl (C=O) groups excluding carboxylic acids is 1. The van der Waals surface area contributed by atoms with Crippen LogP contribution in [-0.2, 0) is 11.2 Å². The largest absolute Gasteiger partial charge is 0.334 e. The first-order valence-electron chi connectivity index (χ1n) is 9.53. The Hall–Kier alpha value is -2.95. The SMILES string of the molecule is Cc1nccn1-c1cccc([C@@H]2CCCN2C(=O)CCc2ccccc2)n1. The van der Waals surface area contributed by atoms with Crippen molar-refractivity contribution in [3.63, 3.8) is 0 Å². The lowest BCUT2D eigenvalue weighted by molar-refractivity contribution is -0.132. The van der Waals surface area contributed by atoms with Gasteiger partial charge in [-0.15, -0.1) is 0 Å². The van der Waals surface area contributed by atoms with Gasteiger partial charge in [0.05, 0.1) is 11.7 Å². The summed E-state index contributed by atoms with van der Waals surface area (Å²) in [4.78, 5) is 24.0. The number of nitrogens with zero attached hydrogens (tertiary/aromatic N) is 4. The predicted octanol–water partition coefficient (Wildman–Crippen LogP) is 3.87. The van der Waals surface area contributed by atoms with Crippen LogP contribution in [0.25, 0.3) is 5.82 Å². The van der Waals surface area contributed by atoms with Crippen LogP contribution >= 0.6 is 0 Å². The van der Waals surface area contributed by atoms with Crippen LogP contribution in [0.15, 0.2) is 60.9 Å². The molecule has 0 bridgehead atoms. The Bertz CT molecular complexity index is 919. The molecule has 1 aliphatic heterocycles. The molecule has 3 heterocycles. The lowest BCUT2D eigenvalue weighted by Crippen LogP contribution is -2.31. The molecule has 0 N–H and O–H groups in total. The maximum atomic E-state index is 12.9. The standard InChI is InChI=1S/C22H24N4O/c1-17-23-14-16-25(17)21-11-5-9-19(24-21)20-10-6-15-26(20)22(27)13-12-18-7-3-2-4-8-18/h2-5,7-9,11,14,16,20H,6,10,12-13,15H2,1H3/t20-/m0/s1. The van der Waals surface area contributed by atoms with Crippen molar-refractivity contribution in [1.29, 1.82) is 0 Å². The van der Waals surface area contributed by atoms with Crippen molar-refractivity contribution in [2.24, 2.45) is 0 Å². The van der Waals surface area contributed by atoms with Crippen LogP contribution in [0.2, 0.25) is 0 Å². The molecule has 0 saturated carbocycles. The lowest BCUT2D eigenvalue weighted by atomic mass is 10.1. The highest BCUT2D eigenvalue weighted by molar-refractivity contribution is 5.77. The zero-order valence-electron chi connectivity index (χ0n) is 15.6. The van der Waals surface area contributed by atoms with Gasteiger partial charge >= 0.3 is 0 Å². The highest BCUT2D eigenvalue weighted by Gasteiger charge is 2.30. The van der Waals surface area contributed by atoms with E-state index in [1.54, 1.807) is 6.20 Å². The summed E-state index contributed by atoms with van der Waals surface area (Å²) < 4.78 is 1.97. The van der Waals surface area contributed by atoms with Crippen molar-refractivity contribution in [2.45, 2.75) is 38.6 Å². The van der Waals surface area contributed by atoms with E-state index in [9.17, 15) is 4.79 Å². The monoisotopic (exact) mass is 360 g/mol. The van der Waals surface area contributed by atoms with Gasteiger partial charge in [-0.1, -0.05) is 36.4 Å². The van der Waals surface area contributed by atoms with Crippen LogP contribution in [0, 0.1) is 6.92 Å². The molecule has 0 radical (unpaired) electrons. The fourth-order valence-corrected chi connectivity index (χ4v) is 3.79. The molecule has 1 fully saturated rings. The van der Waals surface area contributed by atoms with Crippen LogP contribution < -0.4 is 0 Å². The Morgan fingerprint density at radius 2 is 2.00 bits per heavy atom. The highest BCUT2D eigenvalue weighted by atomic mass is 16.2. The molecule has 5 nitrogen and oxygen atoms in total. The zero-order chi connectivity index (χ0) is 18.6. The molecule has 2 aromatic heterocycles. The topological polar surface area (TPSA) is 51.0 Å². The van der Waals surface area contributed by atoms with Gasteiger partial charge in [0, 0.05) is 25.4 Å². The minimum atomic E-state index is 0.0667. The number of benzene rings is 1. The van der Waals surface area contributed by atoms with E-state index in [-0.39, 0.29) is 11.9 Å². The molecule has 27 heavy (non-hydrogen) atoms. The average Bonchev–Trinajstić information content (AvgIpc) is 3.36. The van der Waals surface area contributed by atoms with Crippen LogP contribution in [0.3, 0.4) is 0 Å². The third-order valence-electron chi connectivity index (χ3n) is 5.21. The van der Waals surface area contributed by atoms with Gasteiger partial charge < -0.3 is 4.90 Å². The van der Waals surface area contributed by atoms with E-state index in [0.29, 0.717) is 6.42 Å². The number of amides is 1. The zero-order valence-corrected chi connectivity index (χ0v) is 15.6. The second kappa shape index (κ2) is 7.74. The van der Waals surface area contributed by atoms with E-state index in [2.05, 4.69) is 17.1 Å². The number of rotatable bonds is 5. The van der Waals surface area contributed by atoms with E-state index in [1.807, 2.05) is 59.0 Å². The van der Waals surface area contributed by atoms with Crippen molar-refractivity contribution in [1.82, 2.24) is 19.4 Å². The van der Waals surface area contributed by atoms with E-state index >= 15 is 0 Å². The molecule has 1 atom stereocenters. The molecule has 3 aromatic rings. The van der Waals surface area contributed by atoms with E-state index in [0.717, 1.165) is 43.1 Å². The van der Waals surface area contributed by atoms with Crippen LogP contribution in [0.5, 0.6) is 0 Å². The van der Waals surface area contributed by atoms with Gasteiger partial charge in [0.15, 0.2) is 0 Å². The quantitative estimate of drug-likeness (QED) is 0.694. The van der Waals surface area contributed by atoms with Crippen molar-refractivity contribution in [3.8, 4) is 5.82 Å². The van der Waals surface area contributed by atoms with Crippen molar-refractivity contribution in [3.05, 3.63) is 78.0 Å². The van der Waals surface area contributed by atoms with E-state index < -0.39 is 0 Å². The number of hydrogen-bond acceptors (Lipinski definition) is 3. The number of hydrogen-bond donors (Lipinski definition) is 0. The van der Waals surface area contributed by atoms with Gasteiger partial charge in [0.2, 0.25) is 5.91 Å². The minimum absolute atomic E-state index is 0.0667. The van der Waals surface area contributed by atoms with Gasteiger partial charge in [-0.25, -0.2) is 9.97 Å². The van der Waals surface area contributed by atoms with Crippen LogP contribution in [-0.4, -0.2) is 31.9 Å². The first-order chi connectivity index (χ1) is 13.2. The molecule has 138 valence electrons. The van der Waals surface area contributed by atoms with Gasteiger partial charge in [0.1, 0.15) is 11.6 Å². The fourth-order valence-electron chi connectivity index (χ4n) is 3.79. The van der Waals surface area contributed by atoms with Crippen molar-refractivity contribution < 1.29 is 4.79 Å². The number of aryl methyl sites for hydroxylation is 2. The number of aromatic nitrogens is 3. The van der Waals surface area contributed by atoms with Crippen molar-refractivity contribution in [2.75, 3.05) is 6.54 Å². The summed E-state index contributed by atoms with van der Waals surface area (Å²) in [5.74, 6) is 1.97. The predicted molar refractivity (Wildman–Crippen MR) is 105 cm³/mol. The third kappa shape index (κ3) is 3.77. The van der Waals surface area contributed by atoms with Crippen molar-refractivity contribution >= 4 is 5.91 Å². The Morgan fingerprint density at radius 3 is 2.78 bits per heavy atom. The maximum Gasteiger partial charge on any atom is 0.223 e. The Kier molecular flexibility index (Phi) is 5.01. The number of carbonyl (C=O) groups is 1. The highest BCUT2D eigenvalue weighted by Crippen LogP contribution is 2.32. The van der Waals surface area contributed by atoms with Gasteiger partial charge in [-0.05, 0) is 43.9 Å². The smallest absolute Gasteiger partial charge is 0.223 e. The molecule has 5 heteroatoms. The normalized spacial score (nSPS) is 16.6. The molecular formula is C22H24N4O. The summed E-state index contributed by atoms with van der Waals surface area (Å²) >= 11 is 0. The molecule has 1 aliphatic rings. The summed E-state index contributed by atoms with van der Waals surface area (Å²) in [5, 5.41) is 0.